The Morgan fingerprint density at radius 1 is 1.21 bits per heavy atom. The van der Waals surface area contributed by atoms with E-state index in [1.165, 1.54) is 23.4 Å². The lowest BCUT2D eigenvalue weighted by molar-refractivity contribution is -0.384. The monoisotopic (exact) mass is 324 g/mol. The van der Waals surface area contributed by atoms with Crippen LogP contribution in [0.1, 0.15) is 29.8 Å². The van der Waals surface area contributed by atoms with E-state index >= 15 is 0 Å². The molecule has 7 nitrogen and oxygen atoms in total. The highest BCUT2D eigenvalue weighted by atomic mass is 16.6. The summed E-state index contributed by atoms with van der Waals surface area (Å²) in [7, 11) is 0. The lowest BCUT2D eigenvalue weighted by Crippen LogP contribution is -2.53. The van der Waals surface area contributed by atoms with Crippen molar-refractivity contribution in [2.45, 2.75) is 19.5 Å². The molecule has 1 aliphatic rings. The summed E-state index contributed by atoms with van der Waals surface area (Å²) >= 11 is 0. The van der Waals surface area contributed by atoms with Gasteiger partial charge in [0.2, 0.25) is 0 Å². The van der Waals surface area contributed by atoms with Crippen LogP contribution in [0.15, 0.2) is 53.6 Å². The second-order valence-electron chi connectivity index (χ2n) is 5.94. The number of hydrogen-bond donors (Lipinski definition) is 1. The molecule has 122 valence electrons. The van der Waals surface area contributed by atoms with Gasteiger partial charge in [0.25, 0.3) is 11.6 Å². The number of fused-ring (bicyclic) bond motifs is 1. The van der Waals surface area contributed by atoms with E-state index in [0.29, 0.717) is 11.1 Å². The van der Waals surface area contributed by atoms with Crippen LogP contribution in [0.25, 0.3) is 0 Å². The maximum Gasteiger partial charge on any atom is 0.278 e. The molecule has 0 fully saturated rings. The average molecular weight is 324 g/mol. The van der Waals surface area contributed by atoms with Crippen molar-refractivity contribution in [1.29, 1.82) is 0 Å². The number of hydrazone groups is 1. The van der Waals surface area contributed by atoms with Gasteiger partial charge in [-0.1, -0.05) is 24.3 Å². The predicted molar refractivity (Wildman–Crippen MR) is 91.0 cm³/mol. The van der Waals surface area contributed by atoms with Gasteiger partial charge in [-0.2, -0.15) is 5.10 Å². The Balaban J connectivity index is 1.93. The van der Waals surface area contributed by atoms with Crippen LogP contribution in [0.2, 0.25) is 0 Å². The first kappa shape index (κ1) is 15.7. The molecule has 7 heteroatoms. The summed E-state index contributed by atoms with van der Waals surface area (Å²) in [5, 5.41) is 19.7. The normalized spacial score (nSPS) is 15.9. The Morgan fingerprint density at radius 3 is 2.71 bits per heavy atom. The molecule has 0 atom stereocenters. The van der Waals surface area contributed by atoms with Crippen LogP contribution in [0.5, 0.6) is 0 Å². The van der Waals surface area contributed by atoms with Gasteiger partial charge >= 0.3 is 0 Å². The van der Waals surface area contributed by atoms with E-state index in [-0.39, 0.29) is 11.6 Å². The molecule has 3 rings (SSSR count). The molecule has 0 aromatic heterocycles. The predicted octanol–water partition coefficient (Wildman–Crippen LogP) is 3.23. The molecule has 0 spiro atoms. The van der Waals surface area contributed by atoms with Gasteiger partial charge in [0, 0.05) is 23.4 Å². The van der Waals surface area contributed by atoms with E-state index < -0.39 is 10.6 Å². The summed E-state index contributed by atoms with van der Waals surface area (Å²) in [6.45, 7) is 3.68. The number of benzene rings is 2. The van der Waals surface area contributed by atoms with Crippen molar-refractivity contribution < 1.29 is 9.72 Å². The Kier molecular flexibility index (Phi) is 3.76. The first-order valence-corrected chi connectivity index (χ1v) is 7.39. The number of rotatable bonds is 3. The standard InChI is InChI=1S/C17H16N4O3/c1-17(2)19-15-9-4-3-8-14(15)16(22)20(17)18-11-12-6-5-7-13(10-12)21(23)24/h3-11,19H,1-2H3. The number of carbonyl (C=O) groups excluding carboxylic acids is 1. The molecule has 0 aliphatic carbocycles. The maximum absolute atomic E-state index is 12.7. The molecule has 1 N–H and O–H groups in total. The number of carbonyl (C=O) groups is 1. The summed E-state index contributed by atoms with van der Waals surface area (Å²) in [5.74, 6) is -0.226. The number of nitro groups is 1. The molecule has 0 saturated carbocycles. The van der Waals surface area contributed by atoms with Crippen molar-refractivity contribution in [2.75, 3.05) is 5.32 Å². The fourth-order valence-electron chi connectivity index (χ4n) is 2.57. The number of para-hydroxylation sites is 1. The van der Waals surface area contributed by atoms with Crippen LogP contribution in [0.3, 0.4) is 0 Å². The van der Waals surface area contributed by atoms with Crippen LogP contribution in [-0.2, 0) is 0 Å². The highest BCUT2D eigenvalue weighted by Gasteiger charge is 2.37. The van der Waals surface area contributed by atoms with Crippen molar-refractivity contribution in [3.63, 3.8) is 0 Å². The number of nitrogens with one attached hydrogen (secondary N) is 1. The zero-order valence-corrected chi connectivity index (χ0v) is 13.3. The lowest BCUT2D eigenvalue weighted by Gasteiger charge is -2.40. The van der Waals surface area contributed by atoms with Crippen LogP contribution in [0.4, 0.5) is 11.4 Å². The summed E-state index contributed by atoms with van der Waals surface area (Å²) < 4.78 is 0. The van der Waals surface area contributed by atoms with Crippen LogP contribution < -0.4 is 5.32 Å². The molecular formula is C17H16N4O3. The van der Waals surface area contributed by atoms with E-state index in [4.69, 9.17) is 0 Å². The second kappa shape index (κ2) is 5.77. The van der Waals surface area contributed by atoms with E-state index in [1.807, 2.05) is 26.0 Å². The molecule has 1 aliphatic heterocycles. The molecule has 2 aromatic rings. The van der Waals surface area contributed by atoms with Gasteiger partial charge in [0.05, 0.1) is 16.7 Å². The quantitative estimate of drug-likeness (QED) is 0.533. The Labute approximate surface area is 138 Å². The van der Waals surface area contributed by atoms with Gasteiger partial charge in [-0.25, -0.2) is 5.01 Å². The SMILES string of the molecule is CC1(C)Nc2ccccc2C(=O)N1N=Cc1cccc([N+](=O)[O-])c1. The first-order chi connectivity index (χ1) is 11.4. The topological polar surface area (TPSA) is 87.8 Å². The summed E-state index contributed by atoms with van der Waals surface area (Å²) in [5.41, 5.74) is 1.10. The first-order valence-electron chi connectivity index (χ1n) is 7.39. The van der Waals surface area contributed by atoms with E-state index in [0.717, 1.165) is 5.69 Å². The minimum atomic E-state index is -0.720. The van der Waals surface area contributed by atoms with E-state index in [1.54, 1.807) is 24.3 Å². The lowest BCUT2D eigenvalue weighted by atomic mass is 10.0. The molecule has 2 aromatic carbocycles. The number of anilines is 1. The van der Waals surface area contributed by atoms with Gasteiger partial charge < -0.3 is 5.32 Å². The zero-order valence-electron chi connectivity index (χ0n) is 13.3. The highest BCUT2D eigenvalue weighted by molar-refractivity contribution is 6.02. The highest BCUT2D eigenvalue weighted by Crippen LogP contribution is 2.30. The molecule has 0 unspecified atom stereocenters. The Bertz CT molecular complexity index is 845. The molecular weight excluding hydrogens is 308 g/mol. The minimum Gasteiger partial charge on any atom is -0.361 e. The summed E-state index contributed by atoms with van der Waals surface area (Å²) in [4.78, 5) is 23.1. The summed E-state index contributed by atoms with van der Waals surface area (Å²) in [6, 6.07) is 13.3. The van der Waals surface area contributed by atoms with E-state index in [2.05, 4.69) is 10.4 Å². The maximum atomic E-state index is 12.7. The molecule has 0 bridgehead atoms. The smallest absolute Gasteiger partial charge is 0.278 e. The molecule has 0 saturated heterocycles. The van der Waals surface area contributed by atoms with Gasteiger partial charge in [-0.05, 0) is 26.0 Å². The van der Waals surface area contributed by atoms with Crippen LogP contribution >= 0.6 is 0 Å². The van der Waals surface area contributed by atoms with Gasteiger partial charge in [-0.3, -0.25) is 14.9 Å². The third-order valence-electron chi connectivity index (χ3n) is 3.72. The fourth-order valence-corrected chi connectivity index (χ4v) is 2.57. The van der Waals surface area contributed by atoms with Crippen LogP contribution in [0, 0.1) is 10.1 Å². The Hall–Kier alpha value is -3.22. The third kappa shape index (κ3) is 2.83. The molecule has 1 heterocycles. The number of nitrogens with zero attached hydrogens (tertiary/aromatic N) is 3. The Morgan fingerprint density at radius 2 is 1.96 bits per heavy atom. The number of non-ortho nitro benzene ring substituents is 1. The van der Waals surface area contributed by atoms with Crippen molar-refractivity contribution in [3.05, 3.63) is 69.8 Å². The number of nitro benzene ring substituents is 1. The van der Waals surface area contributed by atoms with Gasteiger partial charge in [-0.15, -0.1) is 0 Å². The molecule has 24 heavy (non-hydrogen) atoms. The minimum absolute atomic E-state index is 0.0216. The number of amides is 1. The second-order valence-corrected chi connectivity index (χ2v) is 5.94. The molecule has 0 radical (unpaired) electrons. The van der Waals surface area contributed by atoms with Crippen molar-refractivity contribution in [3.8, 4) is 0 Å². The van der Waals surface area contributed by atoms with Crippen molar-refractivity contribution >= 4 is 23.5 Å². The zero-order chi connectivity index (χ0) is 17.3. The third-order valence-corrected chi connectivity index (χ3v) is 3.72. The average Bonchev–Trinajstić information content (AvgIpc) is 2.54. The van der Waals surface area contributed by atoms with Crippen molar-refractivity contribution in [1.82, 2.24) is 5.01 Å². The molecule has 1 amide bonds. The van der Waals surface area contributed by atoms with Gasteiger partial charge in [0.15, 0.2) is 0 Å². The fraction of sp³-hybridized carbons (Fsp3) is 0.176. The van der Waals surface area contributed by atoms with Gasteiger partial charge in [0.1, 0.15) is 5.66 Å². The number of hydrogen-bond acceptors (Lipinski definition) is 5. The van der Waals surface area contributed by atoms with E-state index in [9.17, 15) is 14.9 Å². The van der Waals surface area contributed by atoms with Crippen molar-refractivity contribution in [2.24, 2.45) is 5.10 Å². The summed E-state index contributed by atoms with van der Waals surface area (Å²) in [6.07, 6.45) is 1.45. The largest absolute Gasteiger partial charge is 0.361 e. The van der Waals surface area contributed by atoms with Crippen LogP contribution in [-0.4, -0.2) is 27.7 Å².